The summed E-state index contributed by atoms with van der Waals surface area (Å²) >= 11 is 1.11. The van der Waals surface area contributed by atoms with Crippen LogP contribution >= 0.6 is 11.3 Å². The Morgan fingerprint density at radius 2 is 1.79 bits per heavy atom. The van der Waals surface area contributed by atoms with E-state index in [-0.39, 0.29) is 10.8 Å². The Hall–Kier alpha value is -0.430. The molecule has 0 aliphatic carbocycles. The highest BCUT2D eigenvalue weighted by Gasteiger charge is 2.22. The standard InChI is InChI=1S/C13H23NO3S2/c1-9(2)12(10(3)4)7-14-19(16,17)13-6-5-11(8-15)18-13/h5-6,9-10,12,14-15H,7-8H2,1-4H3. The van der Waals surface area contributed by atoms with Crippen molar-refractivity contribution in [1.29, 1.82) is 0 Å². The summed E-state index contributed by atoms with van der Waals surface area (Å²) in [7, 11) is -3.45. The van der Waals surface area contributed by atoms with Crippen LogP contribution in [0.3, 0.4) is 0 Å². The largest absolute Gasteiger partial charge is 0.391 e. The minimum absolute atomic E-state index is 0.124. The minimum atomic E-state index is -3.45. The predicted molar refractivity (Wildman–Crippen MR) is 78.6 cm³/mol. The van der Waals surface area contributed by atoms with Crippen LogP contribution in [0.2, 0.25) is 0 Å². The molecule has 1 aromatic rings. The highest BCUT2D eigenvalue weighted by molar-refractivity contribution is 7.91. The van der Waals surface area contributed by atoms with Crippen LogP contribution in [0.15, 0.2) is 16.3 Å². The molecule has 1 rings (SSSR count). The fraction of sp³-hybridized carbons (Fsp3) is 0.692. The maximum Gasteiger partial charge on any atom is 0.250 e. The van der Waals surface area contributed by atoms with Gasteiger partial charge in [0.2, 0.25) is 10.0 Å². The second kappa shape index (κ2) is 6.83. The molecule has 0 spiro atoms. The molecule has 0 aliphatic rings. The zero-order valence-electron chi connectivity index (χ0n) is 11.9. The molecule has 0 aromatic carbocycles. The van der Waals surface area contributed by atoms with Gasteiger partial charge in [-0.2, -0.15) is 0 Å². The van der Waals surface area contributed by atoms with Gasteiger partial charge in [0.25, 0.3) is 0 Å². The third kappa shape index (κ3) is 4.56. The molecule has 0 amide bonds. The van der Waals surface area contributed by atoms with Crippen molar-refractivity contribution in [3.05, 3.63) is 17.0 Å². The molecular formula is C13H23NO3S2. The van der Waals surface area contributed by atoms with E-state index in [4.69, 9.17) is 5.11 Å². The van der Waals surface area contributed by atoms with Gasteiger partial charge in [0, 0.05) is 11.4 Å². The topological polar surface area (TPSA) is 66.4 Å². The molecule has 0 saturated carbocycles. The SMILES string of the molecule is CC(C)C(CNS(=O)(=O)c1ccc(CO)s1)C(C)C. The Morgan fingerprint density at radius 1 is 1.21 bits per heavy atom. The van der Waals surface area contributed by atoms with Crippen LogP contribution in [0.4, 0.5) is 0 Å². The van der Waals surface area contributed by atoms with Crippen LogP contribution in [0, 0.1) is 17.8 Å². The lowest BCUT2D eigenvalue weighted by Gasteiger charge is -2.24. The second-order valence-corrected chi connectivity index (χ2v) is 8.54. The highest BCUT2D eigenvalue weighted by atomic mass is 32.2. The van der Waals surface area contributed by atoms with Crippen molar-refractivity contribution in [2.45, 2.75) is 38.5 Å². The van der Waals surface area contributed by atoms with Crippen molar-refractivity contribution in [2.24, 2.45) is 17.8 Å². The third-order valence-corrected chi connectivity index (χ3v) is 6.26. The van der Waals surface area contributed by atoms with Gasteiger partial charge >= 0.3 is 0 Å². The van der Waals surface area contributed by atoms with E-state index in [9.17, 15) is 8.42 Å². The van der Waals surface area contributed by atoms with Crippen molar-refractivity contribution in [2.75, 3.05) is 6.54 Å². The Kier molecular flexibility index (Phi) is 5.98. The average molecular weight is 305 g/mol. The molecule has 2 N–H and O–H groups in total. The second-order valence-electron chi connectivity index (χ2n) is 5.38. The van der Waals surface area contributed by atoms with Crippen LogP contribution in [0.1, 0.15) is 32.6 Å². The van der Waals surface area contributed by atoms with Gasteiger partial charge in [-0.1, -0.05) is 27.7 Å². The molecule has 4 nitrogen and oxygen atoms in total. The lowest BCUT2D eigenvalue weighted by atomic mass is 9.86. The first kappa shape index (κ1) is 16.6. The van der Waals surface area contributed by atoms with Crippen LogP contribution < -0.4 is 4.72 Å². The van der Waals surface area contributed by atoms with Gasteiger partial charge in [-0.15, -0.1) is 11.3 Å². The van der Waals surface area contributed by atoms with Gasteiger partial charge in [0.1, 0.15) is 4.21 Å². The molecule has 0 fully saturated rings. The minimum Gasteiger partial charge on any atom is -0.391 e. The summed E-state index contributed by atoms with van der Waals surface area (Å²) in [4.78, 5) is 0.657. The van der Waals surface area contributed by atoms with Crippen molar-refractivity contribution in [1.82, 2.24) is 4.72 Å². The summed E-state index contributed by atoms with van der Waals surface area (Å²) in [5.74, 6) is 1.17. The van der Waals surface area contributed by atoms with Crippen LogP contribution in [0.5, 0.6) is 0 Å². The number of rotatable bonds is 7. The van der Waals surface area contributed by atoms with Gasteiger partial charge in [0.05, 0.1) is 6.61 Å². The molecule has 0 bridgehead atoms. The lowest BCUT2D eigenvalue weighted by molar-refractivity contribution is 0.285. The van der Waals surface area contributed by atoms with Gasteiger partial charge < -0.3 is 5.11 Å². The zero-order chi connectivity index (χ0) is 14.6. The van der Waals surface area contributed by atoms with Crippen molar-refractivity contribution < 1.29 is 13.5 Å². The molecule has 0 saturated heterocycles. The summed E-state index contributed by atoms with van der Waals surface area (Å²) in [6.45, 7) is 8.74. The van der Waals surface area contributed by atoms with E-state index in [0.717, 1.165) is 11.3 Å². The van der Waals surface area contributed by atoms with Crippen LogP contribution in [0.25, 0.3) is 0 Å². The van der Waals surface area contributed by atoms with E-state index < -0.39 is 10.0 Å². The fourth-order valence-electron chi connectivity index (χ4n) is 2.11. The zero-order valence-corrected chi connectivity index (χ0v) is 13.5. The molecule has 0 unspecified atom stereocenters. The van der Waals surface area contributed by atoms with Gasteiger partial charge in [-0.3, -0.25) is 0 Å². The van der Waals surface area contributed by atoms with E-state index in [1.807, 2.05) is 0 Å². The Bertz CT molecular complexity index is 484. The predicted octanol–water partition coefficient (Wildman–Crippen LogP) is 2.45. The van der Waals surface area contributed by atoms with Gasteiger partial charge in [0.15, 0.2) is 0 Å². The summed E-state index contributed by atoms with van der Waals surface area (Å²) in [6, 6.07) is 3.18. The molecule has 0 aliphatic heterocycles. The van der Waals surface area contributed by atoms with Crippen molar-refractivity contribution in [3.8, 4) is 0 Å². The molecule has 1 aromatic heterocycles. The van der Waals surface area contributed by atoms with E-state index in [1.54, 1.807) is 6.07 Å². The number of hydrogen-bond acceptors (Lipinski definition) is 4. The normalized spacial score (nSPS) is 12.8. The number of aliphatic hydroxyl groups is 1. The quantitative estimate of drug-likeness (QED) is 0.813. The lowest BCUT2D eigenvalue weighted by Crippen LogP contribution is -2.33. The first-order valence-corrected chi connectivity index (χ1v) is 8.77. The van der Waals surface area contributed by atoms with Crippen LogP contribution in [-0.2, 0) is 16.6 Å². The van der Waals surface area contributed by atoms with E-state index in [1.165, 1.54) is 6.07 Å². The Labute approximate surface area is 119 Å². The Morgan fingerprint density at radius 3 is 2.21 bits per heavy atom. The average Bonchev–Trinajstić information content (AvgIpc) is 2.77. The highest BCUT2D eigenvalue weighted by Crippen LogP contribution is 2.23. The van der Waals surface area contributed by atoms with Crippen molar-refractivity contribution in [3.63, 3.8) is 0 Å². The number of aliphatic hydroxyl groups excluding tert-OH is 1. The Balaban J connectivity index is 2.74. The molecule has 6 heteroatoms. The smallest absolute Gasteiger partial charge is 0.250 e. The number of hydrogen-bond donors (Lipinski definition) is 2. The number of sulfonamides is 1. The van der Waals surface area contributed by atoms with Crippen LogP contribution in [-0.4, -0.2) is 20.1 Å². The van der Waals surface area contributed by atoms with E-state index in [0.29, 0.717) is 29.2 Å². The molecular weight excluding hydrogens is 282 g/mol. The van der Waals surface area contributed by atoms with Crippen molar-refractivity contribution >= 4 is 21.4 Å². The first-order chi connectivity index (χ1) is 8.77. The number of nitrogens with one attached hydrogen (secondary N) is 1. The van der Waals surface area contributed by atoms with Gasteiger partial charge in [-0.25, -0.2) is 13.1 Å². The molecule has 1 heterocycles. The molecule has 110 valence electrons. The van der Waals surface area contributed by atoms with Gasteiger partial charge in [-0.05, 0) is 29.9 Å². The first-order valence-electron chi connectivity index (χ1n) is 6.47. The summed E-state index contributed by atoms with van der Waals surface area (Å²) in [5.41, 5.74) is 0. The maximum absolute atomic E-state index is 12.1. The summed E-state index contributed by atoms with van der Waals surface area (Å²) < 4.78 is 27.2. The third-order valence-electron chi connectivity index (χ3n) is 3.28. The summed E-state index contributed by atoms with van der Waals surface area (Å²) in [6.07, 6.45) is 0. The maximum atomic E-state index is 12.1. The molecule has 0 radical (unpaired) electrons. The fourth-order valence-corrected chi connectivity index (χ4v) is 4.44. The van der Waals surface area contributed by atoms with E-state index in [2.05, 4.69) is 32.4 Å². The summed E-state index contributed by atoms with van der Waals surface area (Å²) in [5, 5.41) is 8.98. The molecule has 0 atom stereocenters. The van der Waals surface area contributed by atoms with E-state index >= 15 is 0 Å². The number of thiophene rings is 1. The monoisotopic (exact) mass is 305 g/mol. The molecule has 19 heavy (non-hydrogen) atoms.